The normalized spacial score (nSPS) is 13.6. The summed E-state index contributed by atoms with van der Waals surface area (Å²) < 4.78 is 31.8. The largest absolute Gasteiger partial charge is 0.497 e. The summed E-state index contributed by atoms with van der Waals surface area (Å²) in [4.78, 5) is 12.3. The molecular weight excluding hydrogens is 378 g/mol. The van der Waals surface area contributed by atoms with Crippen molar-refractivity contribution in [3.8, 4) is 5.75 Å². The molecule has 0 spiro atoms. The van der Waals surface area contributed by atoms with Gasteiger partial charge in [0.1, 0.15) is 5.75 Å². The fourth-order valence-corrected chi connectivity index (χ4v) is 4.86. The van der Waals surface area contributed by atoms with Crippen LogP contribution in [0.25, 0.3) is 0 Å². The van der Waals surface area contributed by atoms with Gasteiger partial charge in [-0.25, -0.2) is 13.2 Å². The van der Waals surface area contributed by atoms with E-state index in [1.54, 1.807) is 43.5 Å². The SMILES string of the molecule is CCCS(=O)(=O)N1CCCc2ccc(NC(=O)Nc3ccc(OC)cc3)cc21. The number of rotatable bonds is 6. The Morgan fingerprint density at radius 1 is 1.11 bits per heavy atom. The standard InChI is InChI=1S/C20H25N3O4S/c1-3-13-28(25,26)23-12-4-5-15-6-7-17(14-19(15)23)22-20(24)21-16-8-10-18(27-2)11-9-16/h6-11,14H,3-5,12-13H2,1-2H3,(H2,21,22,24). The number of nitrogens with zero attached hydrogens (tertiary/aromatic N) is 1. The molecule has 0 unspecified atom stereocenters. The van der Waals surface area contributed by atoms with E-state index in [1.165, 1.54) is 4.31 Å². The predicted molar refractivity (Wildman–Crippen MR) is 112 cm³/mol. The van der Waals surface area contributed by atoms with Crippen LogP contribution in [0.4, 0.5) is 21.9 Å². The lowest BCUT2D eigenvalue weighted by Gasteiger charge is -2.31. The number of anilines is 3. The molecule has 0 aromatic heterocycles. The molecule has 3 rings (SSSR count). The zero-order valence-corrected chi connectivity index (χ0v) is 16.9. The third-order valence-corrected chi connectivity index (χ3v) is 6.54. The van der Waals surface area contributed by atoms with Crippen LogP contribution in [-0.2, 0) is 16.4 Å². The average molecular weight is 404 g/mol. The maximum absolute atomic E-state index is 12.6. The van der Waals surface area contributed by atoms with E-state index in [0.29, 0.717) is 35.8 Å². The number of hydrogen-bond donors (Lipinski definition) is 2. The molecule has 0 radical (unpaired) electrons. The molecular formula is C20H25N3O4S. The fraction of sp³-hybridized carbons (Fsp3) is 0.350. The van der Waals surface area contributed by atoms with Crippen molar-refractivity contribution in [1.29, 1.82) is 0 Å². The summed E-state index contributed by atoms with van der Waals surface area (Å²) in [6, 6.07) is 12.0. The molecule has 0 fully saturated rings. The topological polar surface area (TPSA) is 87.7 Å². The molecule has 0 saturated heterocycles. The maximum Gasteiger partial charge on any atom is 0.323 e. The monoisotopic (exact) mass is 403 g/mol. The molecule has 2 N–H and O–H groups in total. The number of nitrogens with one attached hydrogen (secondary N) is 2. The van der Waals surface area contributed by atoms with Crippen LogP contribution in [0.15, 0.2) is 42.5 Å². The first-order chi connectivity index (χ1) is 13.4. The minimum absolute atomic E-state index is 0.113. The van der Waals surface area contributed by atoms with E-state index < -0.39 is 16.1 Å². The lowest BCUT2D eigenvalue weighted by atomic mass is 10.0. The summed E-state index contributed by atoms with van der Waals surface area (Å²) in [5.74, 6) is 0.816. The van der Waals surface area contributed by atoms with Crippen LogP contribution in [-0.4, -0.2) is 33.9 Å². The highest BCUT2D eigenvalue weighted by atomic mass is 32.2. The van der Waals surface area contributed by atoms with E-state index in [1.807, 2.05) is 13.0 Å². The van der Waals surface area contributed by atoms with Gasteiger partial charge in [0.05, 0.1) is 18.6 Å². The van der Waals surface area contributed by atoms with Crippen LogP contribution < -0.4 is 19.7 Å². The first-order valence-electron chi connectivity index (χ1n) is 9.28. The van der Waals surface area contributed by atoms with Crippen molar-refractivity contribution < 1.29 is 17.9 Å². The van der Waals surface area contributed by atoms with Gasteiger partial charge in [0.15, 0.2) is 0 Å². The van der Waals surface area contributed by atoms with Gasteiger partial charge in [-0.1, -0.05) is 13.0 Å². The summed E-state index contributed by atoms with van der Waals surface area (Å²) in [7, 11) is -1.78. The second kappa shape index (κ2) is 8.52. The van der Waals surface area contributed by atoms with Gasteiger partial charge in [0.25, 0.3) is 0 Å². The molecule has 0 saturated carbocycles. The Kier molecular flexibility index (Phi) is 6.08. The van der Waals surface area contributed by atoms with E-state index >= 15 is 0 Å². The van der Waals surface area contributed by atoms with Gasteiger partial charge in [0.2, 0.25) is 10.0 Å². The Hall–Kier alpha value is -2.74. The third-order valence-electron chi connectivity index (χ3n) is 4.56. The summed E-state index contributed by atoms with van der Waals surface area (Å²) >= 11 is 0. The van der Waals surface area contributed by atoms with Gasteiger partial charge in [-0.2, -0.15) is 0 Å². The van der Waals surface area contributed by atoms with Crippen molar-refractivity contribution in [2.45, 2.75) is 26.2 Å². The van der Waals surface area contributed by atoms with Gasteiger partial charge in [-0.05, 0) is 61.2 Å². The quantitative estimate of drug-likeness (QED) is 0.767. The van der Waals surface area contributed by atoms with Crippen LogP contribution >= 0.6 is 0 Å². The van der Waals surface area contributed by atoms with E-state index in [0.717, 1.165) is 18.4 Å². The molecule has 7 nitrogen and oxygen atoms in total. The highest BCUT2D eigenvalue weighted by molar-refractivity contribution is 7.92. The summed E-state index contributed by atoms with van der Waals surface area (Å²) in [6.45, 7) is 2.32. The molecule has 8 heteroatoms. The number of carbonyl (C=O) groups excluding carboxylic acids is 1. The molecule has 1 aliphatic rings. The molecule has 2 aromatic carbocycles. The van der Waals surface area contributed by atoms with E-state index in [-0.39, 0.29) is 5.75 Å². The zero-order chi connectivity index (χ0) is 20.1. The Bertz CT molecular complexity index is 942. The third kappa shape index (κ3) is 4.56. The van der Waals surface area contributed by atoms with Gasteiger partial charge >= 0.3 is 6.03 Å². The Morgan fingerprint density at radius 2 is 1.79 bits per heavy atom. The summed E-state index contributed by atoms with van der Waals surface area (Å²) in [5, 5.41) is 5.52. The van der Waals surface area contributed by atoms with Crippen molar-refractivity contribution in [2.75, 3.05) is 34.3 Å². The number of urea groups is 1. The Balaban J connectivity index is 1.75. The van der Waals surface area contributed by atoms with Crippen LogP contribution in [0.1, 0.15) is 25.3 Å². The smallest absolute Gasteiger partial charge is 0.323 e. The lowest BCUT2D eigenvalue weighted by molar-refractivity contribution is 0.262. The van der Waals surface area contributed by atoms with Crippen LogP contribution in [0.3, 0.4) is 0 Å². The van der Waals surface area contributed by atoms with E-state index in [9.17, 15) is 13.2 Å². The molecule has 2 aromatic rings. The van der Waals surface area contributed by atoms with E-state index in [4.69, 9.17) is 4.74 Å². The Labute approximate surface area is 165 Å². The minimum atomic E-state index is -3.35. The number of benzene rings is 2. The lowest BCUT2D eigenvalue weighted by Crippen LogP contribution is -2.37. The van der Waals surface area contributed by atoms with Crippen molar-refractivity contribution in [2.24, 2.45) is 0 Å². The van der Waals surface area contributed by atoms with Crippen molar-refractivity contribution >= 4 is 33.1 Å². The van der Waals surface area contributed by atoms with Gasteiger partial charge in [-0.3, -0.25) is 4.31 Å². The van der Waals surface area contributed by atoms with Crippen LogP contribution in [0.5, 0.6) is 5.75 Å². The summed E-state index contributed by atoms with van der Waals surface area (Å²) in [5.41, 5.74) is 2.81. The van der Waals surface area contributed by atoms with Crippen LogP contribution in [0, 0.1) is 0 Å². The average Bonchev–Trinajstić information content (AvgIpc) is 2.68. The number of amides is 2. The highest BCUT2D eigenvalue weighted by Crippen LogP contribution is 2.32. The number of aryl methyl sites for hydroxylation is 1. The number of hydrogen-bond acceptors (Lipinski definition) is 4. The molecule has 28 heavy (non-hydrogen) atoms. The van der Waals surface area contributed by atoms with Gasteiger partial charge in [0, 0.05) is 17.9 Å². The van der Waals surface area contributed by atoms with Crippen LogP contribution in [0.2, 0.25) is 0 Å². The van der Waals surface area contributed by atoms with Crippen molar-refractivity contribution in [3.63, 3.8) is 0 Å². The number of ether oxygens (including phenoxy) is 1. The second-order valence-corrected chi connectivity index (χ2v) is 8.66. The number of methoxy groups -OCH3 is 1. The Morgan fingerprint density at radius 3 is 2.46 bits per heavy atom. The maximum atomic E-state index is 12.6. The summed E-state index contributed by atoms with van der Waals surface area (Å²) in [6.07, 6.45) is 2.18. The second-order valence-electron chi connectivity index (χ2n) is 6.64. The molecule has 0 bridgehead atoms. The number of fused-ring (bicyclic) bond motifs is 1. The minimum Gasteiger partial charge on any atom is -0.497 e. The van der Waals surface area contributed by atoms with Crippen molar-refractivity contribution in [3.05, 3.63) is 48.0 Å². The van der Waals surface area contributed by atoms with E-state index in [2.05, 4.69) is 10.6 Å². The predicted octanol–water partition coefficient (Wildman–Crippen LogP) is 3.83. The fourth-order valence-electron chi connectivity index (χ4n) is 3.24. The highest BCUT2D eigenvalue weighted by Gasteiger charge is 2.27. The molecule has 1 heterocycles. The van der Waals surface area contributed by atoms with Gasteiger partial charge in [-0.15, -0.1) is 0 Å². The van der Waals surface area contributed by atoms with Gasteiger partial charge < -0.3 is 15.4 Å². The number of sulfonamides is 1. The van der Waals surface area contributed by atoms with Crippen molar-refractivity contribution in [1.82, 2.24) is 0 Å². The number of carbonyl (C=O) groups is 1. The first-order valence-corrected chi connectivity index (χ1v) is 10.9. The molecule has 2 amide bonds. The molecule has 0 aliphatic carbocycles. The molecule has 150 valence electrons. The molecule has 0 atom stereocenters. The first kappa shape index (κ1) is 20.0. The zero-order valence-electron chi connectivity index (χ0n) is 16.1. The molecule has 1 aliphatic heterocycles.